The average Bonchev–Trinajstić information content (AvgIpc) is 3.41. The molecule has 0 amide bonds. The zero-order valence-electron chi connectivity index (χ0n) is 14.0. The molecule has 124 valence electrons. The number of furan rings is 1. The van der Waals surface area contributed by atoms with Gasteiger partial charge in [0.05, 0.1) is 6.54 Å². The van der Waals surface area contributed by atoms with Crippen molar-refractivity contribution in [3.8, 4) is 0 Å². The molecule has 0 saturated heterocycles. The van der Waals surface area contributed by atoms with Gasteiger partial charge in [-0.15, -0.1) is 0 Å². The Kier molecular flexibility index (Phi) is 3.97. The highest BCUT2D eigenvalue weighted by Crippen LogP contribution is 2.47. The largest absolute Gasteiger partial charge is 0.464 e. The average molecular weight is 315 g/mol. The highest BCUT2D eigenvalue weighted by Gasteiger charge is 2.37. The molecule has 2 saturated carbocycles. The number of rotatable bonds is 8. The summed E-state index contributed by atoms with van der Waals surface area (Å²) < 4.78 is 11.3. The van der Waals surface area contributed by atoms with E-state index in [-0.39, 0.29) is 0 Å². The van der Waals surface area contributed by atoms with Crippen molar-refractivity contribution < 1.29 is 8.94 Å². The summed E-state index contributed by atoms with van der Waals surface area (Å²) in [5, 5.41) is 3.85. The summed E-state index contributed by atoms with van der Waals surface area (Å²) in [6, 6.07) is 5.07. The molecule has 2 aromatic rings. The smallest absolute Gasteiger partial charge is 0.226 e. The van der Waals surface area contributed by atoms with Crippen LogP contribution >= 0.6 is 0 Å². The van der Waals surface area contributed by atoms with Gasteiger partial charge in [0.1, 0.15) is 11.5 Å². The molecule has 23 heavy (non-hydrogen) atoms. The van der Waals surface area contributed by atoms with E-state index >= 15 is 0 Å². The van der Waals surface area contributed by atoms with Crippen LogP contribution in [-0.4, -0.2) is 27.6 Å². The summed E-state index contributed by atoms with van der Waals surface area (Å²) in [5.74, 6) is 5.23. The highest BCUT2D eigenvalue weighted by atomic mass is 16.5. The predicted octanol–water partition coefficient (Wildman–Crippen LogP) is 3.69. The maximum atomic E-state index is 6.07. The van der Waals surface area contributed by atoms with Crippen LogP contribution in [-0.2, 0) is 13.0 Å². The fraction of sp³-hybridized carbons (Fsp3) is 0.667. The van der Waals surface area contributed by atoms with Crippen LogP contribution < -0.4 is 0 Å². The minimum absolute atomic E-state index is 0.666. The van der Waals surface area contributed by atoms with Crippen molar-refractivity contribution in [2.24, 2.45) is 5.92 Å². The first-order chi connectivity index (χ1) is 11.2. The summed E-state index contributed by atoms with van der Waals surface area (Å²) >= 11 is 0. The lowest BCUT2D eigenvalue weighted by molar-refractivity contribution is 0.225. The quantitative estimate of drug-likeness (QED) is 0.743. The lowest BCUT2D eigenvalue weighted by Crippen LogP contribution is -2.26. The second-order valence-electron chi connectivity index (χ2n) is 7.16. The molecule has 0 spiro atoms. The van der Waals surface area contributed by atoms with E-state index in [4.69, 9.17) is 8.94 Å². The molecule has 0 aliphatic heterocycles. The molecule has 5 nitrogen and oxygen atoms in total. The molecule has 0 N–H and O–H groups in total. The van der Waals surface area contributed by atoms with Gasteiger partial charge >= 0.3 is 0 Å². The second kappa shape index (κ2) is 6.11. The van der Waals surface area contributed by atoms with E-state index in [1.807, 2.05) is 6.92 Å². The van der Waals surface area contributed by atoms with Crippen molar-refractivity contribution in [1.29, 1.82) is 0 Å². The lowest BCUT2D eigenvalue weighted by atomic mass is 10.2. The molecule has 2 atom stereocenters. The topological polar surface area (TPSA) is 55.3 Å². The maximum Gasteiger partial charge on any atom is 0.226 e. The Hall–Kier alpha value is -1.62. The second-order valence-corrected chi connectivity index (χ2v) is 7.16. The van der Waals surface area contributed by atoms with Crippen molar-refractivity contribution in [1.82, 2.24) is 15.0 Å². The summed E-state index contributed by atoms with van der Waals surface area (Å²) in [6.07, 6.45) is 5.81. The number of aryl methyl sites for hydroxylation is 2. The number of hydrogen-bond acceptors (Lipinski definition) is 5. The Balaban J connectivity index is 1.30. The molecular weight excluding hydrogens is 290 g/mol. The summed E-state index contributed by atoms with van der Waals surface area (Å²) in [7, 11) is 0. The zero-order valence-corrected chi connectivity index (χ0v) is 14.0. The Labute approximate surface area is 137 Å². The molecule has 2 aliphatic carbocycles. The van der Waals surface area contributed by atoms with Gasteiger partial charge in [-0.2, -0.15) is 4.98 Å². The molecule has 4 rings (SSSR count). The SMILES string of the molecule is Cc1noc(CCCN(Cc2ccc([C@@H]3C[C@H]3C)o2)C2CC2)n1. The molecule has 5 heteroatoms. The molecule has 0 radical (unpaired) electrons. The Bertz CT molecular complexity index is 659. The van der Waals surface area contributed by atoms with E-state index in [0.717, 1.165) is 55.4 Å². The first kappa shape index (κ1) is 14.9. The minimum Gasteiger partial charge on any atom is -0.464 e. The first-order valence-corrected chi connectivity index (χ1v) is 8.81. The Morgan fingerprint density at radius 2 is 2.13 bits per heavy atom. The van der Waals surface area contributed by atoms with Crippen molar-refractivity contribution in [3.63, 3.8) is 0 Å². The Morgan fingerprint density at radius 1 is 1.30 bits per heavy atom. The van der Waals surface area contributed by atoms with E-state index in [2.05, 4.69) is 34.1 Å². The van der Waals surface area contributed by atoms with Crippen molar-refractivity contribution in [2.45, 2.75) is 64.5 Å². The molecule has 2 fully saturated rings. The van der Waals surface area contributed by atoms with E-state index in [0.29, 0.717) is 5.92 Å². The van der Waals surface area contributed by atoms with Crippen LogP contribution in [0.5, 0.6) is 0 Å². The molecule has 0 unspecified atom stereocenters. The van der Waals surface area contributed by atoms with Crippen molar-refractivity contribution >= 4 is 0 Å². The maximum absolute atomic E-state index is 6.07. The van der Waals surface area contributed by atoms with Crippen LogP contribution in [0.1, 0.15) is 61.8 Å². The summed E-state index contributed by atoms with van der Waals surface area (Å²) in [5.41, 5.74) is 0. The van der Waals surface area contributed by atoms with Crippen LogP contribution in [0.3, 0.4) is 0 Å². The zero-order chi connectivity index (χ0) is 15.8. The van der Waals surface area contributed by atoms with Crippen molar-refractivity contribution in [2.75, 3.05) is 6.54 Å². The van der Waals surface area contributed by atoms with Crippen LogP contribution in [0, 0.1) is 12.8 Å². The molecule has 0 bridgehead atoms. The summed E-state index contributed by atoms with van der Waals surface area (Å²) in [6.45, 7) is 6.14. The van der Waals surface area contributed by atoms with Gasteiger partial charge in [0, 0.05) is 18.4 Å². The monoisotopic (exact) mass is 315 g/mol. The van der Waals surface area contributed by atoms with Crippen LogP contribution in [0.25, 0.3) is 0 Å². The van der Waals surface area contributed by atoms with Gasteiger partial charge in [-0.1, -0.05) is 12.1 Å². The number of aromatic nitrogens is 2. The van der Waals surface area contributed by atoms with Gasteiger partial charge in [-0.3, -0.25) is 4.90 Å². The van der Waals surface area contributed by atoms with E-state index < -0.39 is 0 Å². The molecule has 0 aromatic carbocycles. The van der Waals surface area contributed by atoms with Crippen LogP contribution in [0.4, 0.5) is 0 Å². The Morgan fingerprint density at radius 3 is 2.78 bits per heavy atom. The third-order valence-corrected chi connectivity index (χ3v) is 4.99. The lowest BCUT2D eigenvalue weighted by Gasteiger charge is -2.20. The van der Waals surface area contributed by atoms with Gasteiger partial charge in [-0.05, 0) is 57.2 Å². The number of hydrogen-bond donors (Lipinski definition) is 0. The minimum atomic E-state index is 0.666. The van der Waals surface area contributed by atoms with Gasteiger partial charge in [0.15, 0.2) is 5.82 Å². The first-order valence-electron chi connectivity index (χ1n) is 8.81. The highest BCUT2D eigenvalue weighted by molar-refractivity contribution is 5.17. The van der Waals surface area contributed by atoms with Crippen molar-refractivity contribution in [3.05, 3.63) is 35.4 Å². The fourth-order valence-corrected chi connectivity index (χ4v) is 3.30. The van der Waals surface area contributed by atoms with Gasteiger partial charge < -0.3 is 8.94 Å². The molecular formula is C18H25N3O2. The van der Waals surface area contributed by atoms with Gasteiger partial charge in [0.2, 0.25) is 5.89 Å². The van der Waals surface area contributed by atoms with Gasteiger partial charge in [0.25, 0.3) is 0 Å². The van der Waals surface area contributed by atoms with E-state index in [1.54, 1.807) is 0 Å². The van der Waals surface area contributed by atoms with E-state index in [1.165, 1.54) is 25.0 Å². The van der Waals surface area contributed by atoms with E-state index in [9.17, 15) is 0 Å². The van der Waals surface area contributed by atoms with Crippen LogP contribution in [0.15, 0.2) is 21.1 Å². The third-order valence-electron chi connectivity index (χ3n) is 4.99. The van der Waals surface area contributed by atoms with Crippen LogP contribution in [0.2, 0.25) is 0 Å². The number of nitrogens with zero attached hydrogens (tertiary/aromatic N) is 3. The standard InChI is InChI=1S/C18H25N3O2/c1-12-10-16(12)17-8-7-15(22-17)11-21(14-5-6-14)9-3-4-18-19-13(2)20-23-18/h7-8,12,14,16H,3-6,9-11H2,1-2H3/t12-,16-/m1/s1. The summed E-state index contributed by atoms with van der Waals surface area (Å²) in [4.78, 5) is 6.82. The molecule has 2 aromatic heterocycles. The third kappa shape index (κ3) is 3.66. The van der Waals surface area contributed by atoms with Gasteiger partial charge in [-0.25, -0.2) is 0 Å². The predicted molar refractivity (Wildman–Crippen MR) is 86.0 cm³/mol. The molecule has 2 aliphatic rings. The normalized spacial score (nSPS) is 23.6. The fourth-order valence-electron chi connectivity index (χ4n) is 3.30. The molecule has 2 heterocycles.